The second kappa shape index (κ2) is 7.96. The number of hydrogen-bond donors (Lipinski definition) is 2. The minimum atomic E-state index is -0.272. The third-order valence-corrected chi connectivity index (χ3v) is 4.57. The van der Waals surface area contributed by atoms with Gasteiger partial charge in [-0.3, -0.25) is 4.79 Å². The normalized spacial score (nSPS) is 11.7. The van der Waals surface area contributed by atoms with Crippen molar-refractivity contribution in [2.24, 2.45) is 0 Å². The van der Waals surface area contributed by atoms with Crippen LogP contribution in [0, 0.1) is 5.82 Å². The molecule has 0 saturated carbocycles. The molecule has 0 atom stereocenters. The molecular weight excluding hydrogens is 355 g/mol. The van der Waals surface area contributed by atoms with E-state index in [0.29, 0.717) is 18.7 Å². The van der Waals surface area contributed by atoms with Gasteiger partial charge in [-0.25, -0.2) is 4.39 Å². The number of aromatic nitrogens is 1. The largest absolute Gasteiger partial charge is 0.464 e. The molecule has 2 aromatic heterocycles. The smallest absolute Gasteiger partial charge is 0.244 e. The molecule has 28 heavy (non-hydrogen) atoms. The highest BCUT2D eigenvalue weighted by Crippen LogP contribution is 2.23. The first-order valence-corrected chi connectivity index (χ1v) is 9.05. The number of carbonyl (C=O) groups excluding carboxylic acids is 1. The van der Waals surface area contributed by atoms with E-state index in [-0.39, 0.29) is 11.7 Å². The maximum atomic E-state index is 13.5. The summed E-state index contributed by atoms with van der Waals surface area (Å²) in [6.45, 7) is 0.443. The lowest BCUT2D eigenvalue weighted by Crippen LogP contribution is -2.24. The predicted octanol–water partition coefficient (Wildman–Crippen LogP) is 4.69. The Labute approximate surface area is 161 Å². The second-order valence-corrected chi connectivity index (χ2v) is 6.45. The standard InChI is InChI=1S/C23H19FN2O2/c24-18-8-9-21-19(13-18)17(15-26-21)10-11-25-23(27)14-20(22-7-4-12-28-22)16-5-2-1-3-6-16/h1-9,12-15,26H,10-11H2,(H,25,27). The van der Waals surface area contributed by atoms with Crippen LogP contribution in [0.2, 0.25) is 0 Å². The van der Waals surface area contributed by atoms with Crippen molar-refractivity contribution in [2.75, 3.05) is 6.54 Å². The van der Waals surface area contributed by atoms with Gasteiger partial charge in [-0.2, -0.15) is 0 Å². The van der Waals surface area contributed by atoms with Gasteiger partial charge in [0.2, 0.25) is 5.91 Å². The van der Waals surface area contributed by atoms with Gasteiger partial charge in [0.1, 0.15) is 11.6 Å². The maximum Gasteiger partial charge on any atom is 0.244 e. The Hall–Kier alpha value is -3.60. The van der Waals surface area contributed by atoms with Crippen molar-refractivity contribution < 1.29 is 13.6 Å². The van der Waals surface area contributed by atoms with Gasteiger partial charge in [0.05, 0.1) is 6.26 Å². The zero-order valence-electron chi connectivity index (χ0n) is 15.1. The van der Waals surface area contributed by atoms with Crippen molar-refractivity contribution in [3.63, 3.8) is 0 Å². The Morgan fingerprint density at radius 3 is 2.75 bits per heavy atom. The molecule has 2 heterocycles. The Kier molecular flexibility index (Phi) is 5.06. The quantitative estimate of drug-likeness (QED) is 0.481. The molecule has 2 aromatic carbocycles. The summed E-state index contributed by atoms with van der Waals surface area (Å²) < 4.78 is 19.0. The number of hydrogen-bond acceptors (Lipinski definition) is 2. The Morgan fingerprint density at radius 1 is 1.11 bits per heavy atom. The van der Waals surface area contributed by atoms with Gasteiger partial charge in [-0.1, -0.05) is 30.3 Å². The summed E-state index contributed by atoms with van der Waals surface area (Å²) in [4.78, 5) is 15.6. The molecule has 0 aliphatic heterocycles. The van der Waals surface area contributed by atoms with Crippen molar-refractivity contribution in [3.8, 4) is 0 Å². The van der Waals surface area contributed by atoms with E-state index in [4.69, 9.17) is 4.42 Å². The molecule has 4 rings (SSSR count). The zero-order valence-corrected chi connectivity index (χ0v) is 15.1. The summed E-state index contributed by atoms with van der Waals surface area (Å²) >= 11 is 0. The fourth-order valence-corrected chi connectivity index (χ4v) is 3.21. The van der Waals surface area contributed by atoms with Crippen LogP contribution in [0.25, 0.3) is 16.5 Å². The van der Waals surface area contributed by atoms with Gasteiger partial charge in [-0.05, 0) is 47.9 Å². The van der Waals surface area contributed by atoms with Crippen LogP contribution in [-0.4, -0.2) is 17.4 Å². The number of benzene rings is 2. The number of nitrogens with one attached hydrogen (secondary N) is 2. The van der Waals surface area contributed by atoms with Crippen LogP contribution in [0.15, 0.2) is 83.6 Å². The molecular formula is C23H19FN2O2. The van der Waals surface area contributed by atoms with Crippen LogP contribution in [0.5, 0.6) is 0 Å². The second-order valence-electron chi connectivity index (χ2n) is 6.45. The topological polar surface area (TPSA) is 58.0 Å². The van der Waals surface area contributed by atoms with Crippen molar-refractivity contribution >= 4 is 22.4 Å². The maximum absolute atomic E-state index is 13.5. The van der Waals surface area contributed by atoms with Gasteiger partial charge in [0, 0.05) is 35.3 Å². The number of furan rings is 1. The number of H-pyrrole nitrogens is 1. The zero-order chi connectivity index (χ0) is 19.3. The highest BCUT2D eigenvalue weighted by molar-refractivity contribution is 5.98. The van der Waals surface area contributed by atoms with Gasteiger partial charge in [0.25, 0.3) is 0 Å². The van der Waals surface area contributed by atoms with Crippen LogP contribution in [-0.2, 0) is 11.2 Å². The Bertz CT molecular complexity index is 1110. The highest BCUT2D eigenvalue weighted by atomic mass is 19.1. The molecule has 5 heteroatoms. The van der Waals surface area contributed by atoms with Crippen LogP contribution in [0.3, 0.4) is 0 Å². The van der Waals surface area contributed by atoms with Crippen molar-refractivity contribution in [1.82, 2.24) is 10.3 Å². The molecule has 1 amide bonds. The van der Waals surface area contributed by atoms with E-state index in [1.807, 2.05) is 42.6 Å². The number of amides is 1. The third kappa shape index (κ3) is 3.88. The molecule has 0 unspecified atom stereocenters. The lowest BCUT2D eigenvalue weighted by molar-refractivity contribution is -0.116. The molecule has 0 spiro atoms. The minimum Gasteiger partial charge on any atom is -0.464 e. The first-order valence-electron chi connectivity index (χ1n) is 9.05. The van der Waals surface area contributed by atoms with Crippen molar-refractivity contribution in [3.05, 3.63) is 102 Å². The predicted molar refractivity (Wildman–Crippen MR) is 107 cm³/mol. The van der Waals surface area contributed by atoms with E-state index >= 15 is 0 Å². The molecule has 0 saturated heterocycles. The van der Waals surface area contributed by atoms with E-state index in [1.165, 1.54) is 12.1 Å². The average molecular weight is 374 g/mol. The summed E-state index contributed by atoms with van der Waals surface area (Å²) in [7, 11) is 0. The van der Waals surface area contributed by atoms with Gasteiger partial charge in [-0.15, -0.1) is 0 Å². The lowest BCUT2D eigenvalue weighted by atomic mass is 10.0. The number of aromatic amines is 1. The average Bonchev–Trinajstić information content (AvgIpc) is 3.37. The molecule has 4 nitrogen and oxygen atoms in total. The molecule has 0 bridgehead atoms. The van der Waals surface area contributed by atoms with Gasteiger partial charge < -0.3 is 14.7 Å². The molecule has 0 aliphatic rings. The number of rotatable bonds is 6. The Morgan fingerprint density at radius 2 is 1.96 bits per heavy atom. The first kappa shape index (κ1) is 17.8. The van der Waals surface area contributed by atoms with E-state index in [1.54, 1.807) is 24.5 Å². The van der Waals surface area contributed by atoms with Gasteiger partial charge >= 0.3 is 0 Å². The molecule has 4 aromatic rings. The van der Waals surface area contributed by atoms with E-state index < -0.39 is 0 Å². The monoisotopic (exact) mass is 374 g/mol. The van der Waals surface area contributed by atoms with E-state index in [2.05, 4.69) is 10.3 Å². The molecule has 0 fully saturated rings. The van der Waals surface area contributed by atoms with Crippen molar-refractivity contribution in [2.45, 2.75) is 6.42 Å². The summed E-state index contributed by atoms with van der Waals surface area (Å²) in [6.07, 6.45) is 5.58. The number of carbonyl (C=O) groups is 1. The summed E-state index contributed by atoms with van der Waals surface area (Å²) in [5, 5.41) is 3.74. The number of halogens is 1. The van der Waals surface area contributed by atoms with Crippen molar-refractivity contribution in [1.29, 1.82) is 0 Å². The lowest BCUT2D eigenvalue weighted by Gasteiger charge is -2.06. The summed E-state index contributed by atoms with van der Waals surface area (Å²) in [5.41, 5.74) is 3.47. The van der Waals surface area contributed by atoms with Crippen LogP contribution in [0.1, 0.15) is 16.9 Å². The fraction of sp³-hybridized carbons (Fsp3) is 0.0870. The van der Waals surface area contributed by atoms with E-state index in [0.717, 1.165) is 27.6 Å². The van der Waals surface area contributed by atoms with Gasteiger partial charge in [0.15, 0.2) is 0 Å². The Balaban J connectivity index is 1.47. The molecule has 0 aliphatic carbocycles. The first-order chi connectivity index (χ1) is 13.7. The van der Waals surface area contributed by atoms with Crippen LogP contribution in [0.4, 0.5) is 4.39 Å². The minimum absolute atomic E-state index is 0.207. The van der Waals surface area contributed by atoms with Crippen LogP contribution < -0.4 is 5.32 Å². The fourth-order valence-electron chi connectivity index (χ4n) is 3.21. The molecule has 140 valence electrons. The van der Waals surface area contributed by atoms with Crippen LogP contribution >= 0.6 is 0 Å². The summed E-state index contributed by atoms with van der Waals surface area (Å²) in [6, 6.07) is 17.9. The summed E-state index contributed by atoms with van der Waals surface area (Å²) in [5.74, 6) is 0.154. The molecule has 2 N–H and O–H groups in total. The molecule has 0 radical (unpaired) electrons. The number of fused-ring (bicyclic) bond motifs is 1. The van der Waals surface area contributed by atoms with E-state index in [9.17, 15) is 9.18 Å². The highest BCUT2D eigenvalue weighted by Gasteiger charge is 2.11. The third-order valence-electron chi connectivity index (χ3n) is 4.57. The SMILES string of the molecule is O=C(C=C(c1ccccc1)c1ccco1)NCCc1c[nH]c2ccc(F)cc12.